The molecule has 1 atom stereocenters. The number of hydrogen-bond donors (Lipinski definition) is 1. The molecular formula is C15H18N4O4. The van der Waals surface area contributed by atoms with E-state index in [1.807, 2.05) is 6.07 Å². The molecule has 122 valence electrons. The lowest BCUT2D eigenvalue weighted by Crippen LogP contribution is -2.28. The van der Waals surface area contributed by atoms with Crippen molar-refractivity contribution in [2.45, 2.75) is 25.5 Å². The van der Waals surface area contributed by atoms with Crippen molar-refractivity contribution < 1.29 is 18.8 Å². The number of ether oxygens (including phenoxy) is 2. The van der Waals surface area contributed by atoms with Gasteiger partial charge in [0.05, 0.1) is 19.3 Å². The smallest absolute Gasteiger partial charge is 0.246 e. The van der Waals surface area contributed by atoms with Gasteiger partial charge in [-0.3, -0.25) is 9.78 Å². The van der Waals surface area contributed by atoms with Crippen LogP contribution in [0.4, 0.5) is 0 Å². The van der Waals surface area contributed by atoms with Crippen LogP contribution in [-0.4, -0.2) is 47.0 Å². The second-order valence-corrected chi connectivity index (χ2v) is 5.18. The van der Waals surface area contributed by atoms with Gasteiger partial charge in [0.15, 0.2) is 0 Å². The van der Waals surface area contributed by atoms with E-state index in [1.54, 1.807) is 18.5 Å². The van der Waals surface area contributed by atoms with Crippen LogP contribution in [0.3, 0.4) is 0 Å². The number of nitrogens with one attached hydrogen (secondary N) is 1. The lowest BCUT2D eigenvalue weighted by molar-refractivity contribution is -0.127. The largest absolute Gasteiger partial charge is 0.376 e. The van der Waals surface area contributed by atoms with Crippen LogP contribution in [-0.2, 0) is 20.8 Å². The second-order valence-electron chi connectivity index (χ2n) is 5.18. The Bertz CT molecular complexity index is 625. The third-order valence-corrected chi connectivity index (χ3v) is 3.39. The summed E-state index contributed by atoms with van der Waals surface area (Å²) in [6.07, 6.45) is 5.46. The molecule has 0 saturated carbocycles. The Morgan fingerprint density at radius 2 is 2.43 bits per heavy atom. The van der Waals surface area contributed by atoms with Gasteiger partial charge in [0.1, 0.15) is 6.61 Å². The number of carbonyl (C=O) groups is 1. The number of rotatable bonds is 7. The zero-order chi connectivity index (χ0) is 15.9. The predicted octanol–water partition coefficient (Wildman–Crippen LogP) is 0.943. The fraction of sp³-hybridized carbons (Fsp3) is 0.467. The SMILES string of the molecule is O=C(COC[C@H]1CCCO1)NCc1nc(-c2cccnc2)no1. The molecule has 2 aromatic heterocycles. The first-order chi connectivity index (χ1) is 11.3. The molecule has 0 aromatic carbocycles. The molecule has 3 heterocycles. The van der Waals surface area contributed by atoms with Crippen molar-refractivity contribution in [3.05, 3.63) is 30.4 Å². The molecule has 0 aliphatic carbocycles. The van der Waals surface area contributed by atoms with Crippen LogP contribution >= 0.6 is 0 Å². The van der Waals surface area contributed by atoms with E-state index in [-0.39, 0.29) is 25.2 Å². The molecule has 1 aliphatic rings. The van der Waals surface area contributed by atoms with Crippen LogP contribution in [0.25, 0.3) is 11.4 Å². The summed E-state index contributed by atoms with van der Waals surface area (Å²) in [5.74, 6) is 0.539. The van der Waals surface area contributed by atoms with Crippen LogP contribution in [0, 0.1) is 0 Å². The van der Waals surface area contributed by atoms with Gasteiger partial charge in [0, 0.05) is 24.6 Å². The first-order valence-electron chi connectivity index (χ1n) is 7.50. The zero-order valence-electron chi connectivity index (χ0n) is 12.6. The number of nitrogens with zero attached hydrogens (tertiary/aromatic N) is 3. The summed E-state index contributed by atoms with van der Waals surface area (Å²) in [6.45, 7) is 1.37. The minimum atomic E-state index is -0.232. The van der Waals surface area contributed by atoms with Crippen molar-refractivity contribution in [2.24, 2.45) is 0 Å². The van der Waals surface area contributed by atoms with E-state index < -0.39 is 0 Å². The van der Waals surface area contributed by atoms with E-state index >= 15 is 0 Å². The van der Waals surface area contributed by atoms with Gasteiger partial charge >= 0.3 is 0 Å². The second kappa shape index (κ2) is 7.80. The van der Waals surface area contributed by atoms with Gasteiger partial charge in [0.25, 0.3) is 0 Å². The first-order valence-corrected chi connectivity index (χ1v) is 7.50. The summed E-state index contributed by atoms with van der Waals surface area (Å²) in [5, 5.41) is 6.53. The molecule has 8 heteroatoms. The molecule has 0 radical (unpaired) electrons. The Labute approximate surface area is 133 Å². The molecule has 8 nitrogen and oxygen atoms in total. The van der Waals surface area contributed by atoms with E-state index in [4.69, 9.17) is 14.0 Å². The summed E-state index contributed by atoms with van der Waals surface area (Å²) in [4.78, 5) is 19.9. The molecule has 1 fully saturated rings. The van der Waals surface area contributed by atoms with Crippen molar-refractivity contribution in [3.8, 4) is 11.4 Å². The number of aromatic nitrogens is 3. The van der Waals surface area contributed by atoms with Gasteiger partial charge in [0.2, 0.25) is 17.6 Å². The van der Waals surface area contributed by atoms with Crippen LogP contribution in [0.5, 0.6) is 0 Å². The molecule has 3 rings (SSSR count). The number of amides is 1. The Kier molecular flexibility index (Phi) is 5.28. The Balaban J connectivity index is 1.40. The van der Waals surface area contributed by atoms with Crippen LogP contribution < -0.4 is 5.32 Å². The third kappa shape index (κ3) is 4.57. The first kappa shape index (κ1) is 15.6. The minimum absolute atomic E-state index is 0.0105. The van der Waals surface area contributed by atoms with Gasteiger partial charge in [-0.25, -0.2) is 0 Å². The quantitative estimate of drug-likeness (QED) is 0.811. The average molecular weight is 318 g/mol. The minimum Gasteiger partial charge on any atom is -0.376 e. The van der Waals surface area contributed by atoms with Crippen molar-refractivity contribution in [3.63, 3.8) is 0 Å². The van der Waals surface area contributed by atoms with Crippen molar-refractivity contribution in [1.82, 2.24) is 20.4 Å². The summed E-state index contributed by atoms with van der Waals surface area (Å²) < 4.78 is 15.8. The highest BCUT2D eigenvalue weighted by Crippen LogP contribution is 2.13. The van der Waals surface area contributed by atoms with Crippen LogP contribution in [0.15, 0.2) is 29.0 Å². The molecule has 1 saturated heterocycles. The maximum Gasteiger partial charge on any atom is 0.246 e. The Morgan fingerprint density at radius 3 is 3.22 bits per heavy atom. The highest BCUT2D eigenvalue weighted by Gasteiger charge is 2.16. The fourth-order valence-electron chi connectivity index (χ4n) is 2.22. The van der Waals surface area contributed by atoms with Crippen molar-refractivity contribution in [2.75, 3.05) is 19.8 Å². The van der Waals surface area contributed by atoms with Gasteiger partial charge in [-0.1, -0.05) is 5.16 Å². The average Bonchev–Trinajstić information content (AvgIpc) is 3.25. The molecule has 0 bridgehead atoms. The molecule has 0 unspecified atom stereocenters. The van der Waals surface area contributed by atoms with Crippen molar-refractivity contribution in [1.29, 1.82) is 0 Å². The fourth-order valence-corrected chi connectivity index (χ4v) is 2.22. The monoisotopic (exact) mass is 318 g/mol. The van der Waals surface area contributed by atoms with Crippen LogP contribution in [0.1, 0.15) is 18.7 Å². The van der Waals surface area contributed by atoms with Crippen LogP contribution in [0.2, 0.25) is 0 Å². The van der Waals surface area contributed by atoms with E-state index in [1.165, 1.54) is 0 Å². The van der Waals surface area contributed by atoms with E-state index in [9.17, 15) is 4.79 Å². The summed E-state index contributed by atoms with van der Waals surface area (Å²) in [6, 6.07) is 3.62. The van der Waals surface area contributed by atoms with Crippen molar-refractivity contribution >= 4 is 5.91 Å². The Hall–Kier alpha value is -2.32. The topological polar surface area (TPSA) is 99.4 Å². The maximum atomic E-state index is 11.7. The van der Waals surface area contributed by atoms with Gasteiger partial charge in [-0.05, 0) is 25.0 Å². The summed E-state index contributed by atoms with van der Waals surface area (Å²) in [7, 11) is 0. The molecule has 23 heavy (non-hydrogen) atoms. The summed E-state index contributed by atoms with van der Waals surface area (Å²) >= 11 is 0. The van der Waals surface area contributed by atoms with Gasteiger partial charge in [-0.15, -0.1) is 0 Å². The lowest BCUT2D eigenvalue weighted by Gasteiger charge is -2.09. The Morgan fingerprint density at radius 1 is 1.48 bits per heavy atom. The molecule has 1 aliphatic heterocycles. The highest BCUT2D eigenvalue weighted by molar-refractivity contribution is 5.77. The van der Waals surface area contributed by atoms with E-state index in [0.717, 1.165) is 25.0 Å². The molecule has 1 amide bonds. The van der Waals surface area contributed by atoms with E-state index in [0.29, 0.717) is 18.3 Å². The third-order valence-electron chi connectivity index (χ3n) is 3.39. The summed E-state index contributed by atoms with van der Waals surface area (Å²) in [5.41, 5.74) is 0.758. The number of hydrogen-bond acceptors (Lipinski definition) is 7. The van der Waals surface area contributed by atoms with E-state index in [2.05, 4.69) is 20.4 Å². The standard InChI is InChI=1S/C15H18N4O4/c20-13(10-21-9-12-4-2-6-22-12)17-8-14-18-15(19-23-14)11-3-1-5-16-7-11/h1,3,5,7,12H,2,4,6,8-10H2,(H,17,20)/t12-/m1/s1. The zero-order valence-corrected chi connectivity index (χ0v) is 12.6. The van der Waals surface area contributed by atoms with Gasteiger partial charge in [-0.2, -0.15) is 4.98 Å². The maximum absolute atomic E-state index is 11.7. The molecule has 0 spiro atoms. The van der Waals surface area contributed by atoms with Gasteiger partial charge < -0.3 is 19.3 Å². The lowest BCUT2D eigenvalue weighted by atomic mass is 10.2. The number of carbonyl (C=O) groups excluding carboxylic acids is 1. The normalized spacial score (nSPS) is 17.3. The molecular weight excluding hydrogens is 300 g/mol. The predicted molar refractivity (Wildman–Crippen MR) is 79.2 cm³/mol. The number of pyridine rings is 1. The highest BCUT2D eigenvalue weighted by atomic mass is 16.5. The molecule has 2 aromatic rings. The molecule has 1 N–H and O–H groups in total.